The molecule has 0 unspecified atom stereocenters. The van der Waals surface area contributed by atoms with Crippen LogP contribution in [0.15, 0.2) is 72.0 Å². The van der Waals surface area contributed by atoms with Crippen LogP contribution in [0, 0.1) is 0 Å². The zero-order chi connectivity index (χ0) is 21.4. The molecule has 2 aromatic carbocycles. The topological polar surface area (TPSA) is 54.2 Å². The lowest BCUT2D eigenvalue weighted by atomic mass is 10.1. The highest BCUT2D eigenvalue weighted by atomic mass is 127. The number of hydrogen-bond acceptors (Lipinski definition) is 2. The van der Waals surface area contributed by atoms with E-state index >= 15 is 0 Å². The Balaban J connectivity index is 0.00000341. The Kier molecular flexibility index (Phi) is 9.35. The third-order valence-corrected chi connectivity index (χ3v) is 4.62. The minimum Gasteiger partial charge on any atom is -0.356 e. The summed E-state index contributed by atoms with van der Waals surface area (Å²) in [6, 6.07) is 15.4. The number of nitrogens with zero attached hydrogens (tertiary/aromatic N) is 3. The first-order valence-corrected chi connectivity index (χ1v) is 9.60. The molecule has 0 saturated carbocycles. The lowest BCUT2D eigenvalue weighted by molar-refractivity contribution is -0.137. The van der Waals surface area contributed by atoms with Gasteiger partial charge in [-0.25, -0.2) is 4.98 Å². The lowest BCUT2D eigenvalue weighted by Crippen LogP contribution is -2.38. The number of guanidine groups is 1. The Morgan fingerprint density at radius 3 is 2.35 bits per heavy atom. The molecule has 1 heterocycles. The fourth-order valence-corrected chi connectivity index (χ4v) is 3.00. The molecule has 0 amide bonds. The van der Waals surface area contributed by atoms with Crippen LogP contribution < -0.4 is 10.6 Å². The summed E-state index contributed by atoms with van der Waals surface area (Å²) in [6.45, 7) is 1.78. The SMILES string of the molecule is CN=C(NCCc1ccc(C(F)(F)F)cc1)NCc1nccn1Cc1ccccc1.I. The van der Waals surface area contributed by atoms with E-state index in [1.54, 1.807) is 13.2 Å². The normalized spacial score (nSPS) is 11.7. The van der Waals surface area contributed by atoms with Crippen molar-refractivity contribution in [3.8, 4) is 0 Å². The van der Waals surface area contributed by atoms with Crippen molar-refractivity contribution in [3.63, 3.8) is 0 Å². The first kappa shape index (κ1) is 24.7. The van der Waals surface area contributed by atoms with Crippen LogP contribution in [0.1, 0.15) is 22.5 Å². The van der Waals surface area contributed by atoms with Crippen molar-refractivity contribution in [1.82, 2.24) is 20.2 Å². The van der Waals surface area contributed by atoms with Crippen LogP contribution in [-0.2, 0) is 25.7 Å². The van der Waals surface area contributed by atoms with Gasteiger partial charge in [-0.1, -0.05) is 42.5 Å². The van der Waals surface area contributed by atoms with Crippen molar-refractivity contribution in [2.24, 2.45) is 4.99 Å². The molecule has 2 N–H and O–H groups in total. The minimum atomic E-state index is -4.31. The van der Waals surface area contributed by atoms with Crippen molar-refractivity contribution in [2.45, 2.75) is 25.7 Å². The van der Waals surface area contributed by atoms with Crippen LogP contribution in [0.3, 0.4) is 0 Å². The van der Waals surface area contributed by atoms with Gasteiger partial charge in [-0.3, -0.25) is 4.99 Å². The van der Waals surface area contributed by atoms with Gasteiger partial charge in [0.2, 0.25) is 0 Å². The number of aliphatic imine (C=N–C) groups is 1. The van der Waals surface area contributed by atoms with Gasteiger partial charge in [0.05, 0.1) is 12.1 Å². The highest BCUT2D eigenvalue weighted by Crippen LogP contribution is 2.29. The molecular weight excluding hydrogens is 518 g/mol. The third kappa shape index (κ3) is 7.57. The number of nitrogens with one attached hydrogen (secondary N) is 2. The highest BCUT2D eigenvalue weighted by molar-refractivity contribution is 14.0. The molecule has 0 aliphatic carbocycles. The van der Waals surface area contributed by atoms with Gasteiger partial charge in [-0.15, -0.1) is 24.0 Å². The summed E-state index contributed by atoms with van der Waals surface area (Å²) in [6.07, 6.45) is -0.0258. The van der Waals surface area contributed by atoms with Crippen LogP contribution >= 0.6 is 24.0 Å². The van der Waals surface area contributed by atoms with Gasteiger partial charge in [0.1, 0.15) is 5.82 Å². The fourth-order valence-electron chi connectivity index (χ4n) is 3.00. The molecule has 0 fully saturated rings. The lowest BCUT2D eigenvalue weighted by Gasteiger charge is -2.13. The molecule has 3 rings (SSSR count). The molecule has 1 aromatic heterocycles. The van der Waals surface area contributed by atoms with Crippen LogP contribution in [0.4, 0.5) is 13.2 Å². The molecule has 9 heteroatoms. The van der Waals surface area contributed by atoms with Gasteiger partial charge in [0.25, 0.3) is 0 Å². The van der Waals surface area contributed by atoms with E-state index in [1.165, 1.54) is 17.7 Å². The van der Waals surface area contributed by atoms with E-state index in [2.05, 4.69) is 37.3 Å². The Bertz CT molecular complexity index is 953. The number of benzene rings is 2. The van der Waals surface area contributed by atoms with E-state index in [-0.39, 0.29) is 24.0 Å². The summed E-state index contributed by atoms with van der Waals surface area (Å²) in [5, 5.41) is 6.39. The Hall–Kier alpha value is -2.56. The molecule has 0 aliphatic rings. The number of imidazole rings is 1. The zero-order valence-electron chi connectivity index (χ0n) is 17.1. The van der Waals surface area contributed by atoms with Gasteiger partial charge in [0.15, 0.2) is 5.96 Å². The first-order valence-electron chi connectivity index (χ1n) is 9.60. The summed E-state index contributed by atoms with van der Waals surface area (Å²) in [4.78, 5) is 8.59. The fraction of sp³-hybridized carbons (Fsp3) is 0.273. The molecule has 0 spiro atoms. The average molecular weight is 543 g/mol. The number of halogens is 4. The van der Waals surface area contributed by atoms with Crippen molar-refractivity contribution in [1.29, 1.82) is 0 Å². The van der Waals surface area contributed by atoms with Crippen LogP contribution in [0.25, 0.3) is 0 Å². The number of hydrogen-bond donors (Lipinski definition) is 2. The second-order valence-corrected chi connectivity index (χ2v) is 6.75. The molecule has 0 saturated heterocycles. The Morgan fingerprint density at radius 2 is 1.71 bits per heavy atom. The van der Waals surface area contributed by atoms with E-state index in [0.717, 1.165) is 30.1 Å². The van der Waals surface area contributed by atoms with E-state index < -0.39 is 11.7 Å². The largest absolute Gasteiger partial charge is 0.416 e. The average Bonchev–Trinajstić information content (AvgIpc) is 3.18. The van der Waals surface area contributed by atoms with Gasteiger partial charge < -0.3 is 15.2 Å². The van der Waals surface area contributed by atoms with Gasteiger partial charge >= 0.3 is 6.18 Å². The molecular formula is C22H25F3IN5. The van der Waals surface area contributed by atoms with Crippen molar-refractivity contribution >= 4 is 29.9 Å². The highest BCUT2D eigenvalue weighted by Gasteiger charge is 2.29. The first-order chi connectivity index (χ1) is 14.5. The number of rotatable bonds is 7. The van der Waals surface area contributed by atoms with Crippen molar-refractivity contribution < 1.29 is 13.2 Å². The van der Waals surface area contributed by atoms with Gasteiger partial charge in [0, 0.05) is 32.5 Å². The maximum absolute atomic E-state index is 12.6. The summed E-state index contributed by atoms with van der Waals surface area (Å²) in [7, 11) is 1.67. The third-order valence-electron chi connectivity index (χ3n) is 4.62. The smallest absolute Gasteiger partial charge is 0.356 e. The maximum atomic E-state index is 12.6. The summed E-state index contributed by atoms with van der Waals surface area (Å²) in [5.74, 6) is 1.49. The van der Waals surface area contributed by atoms with Crippen LogP contribution in [0.5, 0.6) is 0 Å². The number of aromatic nitrogens is 2. The predicted octanol–water partition coefficient (Wildman–Crippen LogP) is 4.48. The second-order valence-electron chi connectivity index (χ2n) is 6.75. The summed E-state index contributed by atoms with van der Waals surface area (Å²) < 4.78 is 40.0. The molecule has 0 radical (unpaired) electrons. The minimum absolute atomic E-state index is 0. The van der Waals surface area contributed by atoms with E-state index in [4.69, 9.17) is 0 Å². The summed E-state index contributed by atoms with van der Waals surface area (Å²) in [5.41, 5.74) is 1.38. The Labute approximate surface area is 196 Å². The van der Waals surface area contributed by atoms with Crippen LogP contribution in [-0.4, -0.2) is 29.1 Å². The van der Waals surface area contributed by atoms with E-state index in [0.29, 0.717) is 25.5 Å². The van der Waals surface area contributed by atoms with Crippen molar-refractivity contribution in [2.75, 3.05) is 13.6 Å². The molecule has 166 valence electrons. The second kappa shape index (κ2) is 11.7. The van der Waals surface area contributed by atoms with E-state index in [1.807, 2.05) is 24.4 Å². The predicted molar refractivity (Wildman–Crippen MR) is 127 cm³/mol. The molecule has 3 aromatic rings. The molecule has 0 bridgehead atoms. The molecule has 0 aliphatic heterocycles. The van der Waals surface area contributed by atoms with Gasteiger partial charge in [-0.05, 0) is 29.7 Å². The Morgan fingerprint density at radius 1 is 1.00 bits per heavy atom. The molecule has 5 nitrogen and oxygen atoms in total. The quantitative estimate of drug-likeness (QED) is 0.263. The maximum Gasteiger partial charge on any atom is 0.416 e. The standard InChI is InChI=1S/C22H24F3N5.HI/c1-26-21(28-12-11-17-7-9-19(10-8-17)22(23,24)25)29-15-20-27-13-14-30(20)16-18-5-3-2-4-6-18;/h2-10,13-14H,11-12,15-16H2,1H3,(H2,26,28,29);1H. The monoisotopic (exact) mass is 543 g/mol. The van der Waals surface area contributed by atoms with E-state index in [9.17, 15) is 13.2 Å². The summed E-state index contributed by atoms with van der Waals surface area (Å²) >= 11 is 0. The van der Waals surface area contributed by atoms with Crippen LogP contribution in [0.2, 0.25) is 0 Å². The molecule has 31 heavy (non-hydrogen) atoms. The molecule has 0 atom stereocenters. The van der Waals surface area contributed by atoms with Gasteiger partial charge in [-0.2, -0.15) is 13.2 Å². The number of alkyl halides is 3. The van der Waals surface area contributed by atoms with Crippen molar-refractivity contribution in [3.05, 3.63) is 89.5 Å². The zero-order valence-corrected chi connectivity index (χ0v) is 19.4.